The fourth-order valence-corrected chi connectivity index (χ4v) is 1.18. The third kappa shape index (κ3) is 9.66. The van der Waals surface area contributed by atoms with Crippen LogP contribution in [0.5, 0.6) is 0 Å². The Hall–Kier alpha value is -1.26. The molecule has 3 N–H and O–H groups in total. The van der Waals surface area contributed by atoms with E-state index >= 15 is 0 Å². The number of carbonyl (C=O) groups excluding carboxylic acids is 1. The molecule has 0 aliphatic carbocycles. The number of rotatable bonds is 5. The maximum atomic E-state index is 11.3. The Morgan fingerprint density at radius 1 is 1.18 bits per heavy atom. The number of hydrogen-bond acceptors (Lipinski definition) is 2. The topological polar surface area (TPSA) is 65.5 Å². The van der Waals surface area contributed by atoms with Crippen LogP contribution >= 0.6 is 0 Å². The average Bonchev–Trinajstić information content (AvgIpc) is 2.23. The Labute approximate surface area is 104 Å². The molecule has 0 saturated heterocycles. The average molecular weight is 242 g/mol. The predicted octanol–water partition coefficient (Wildman–Crippen LogP) is 0.866. The molecule has 5 heteroatoms. The largest absolute Gasteiger partial charge is 0.356 e. The molecule has 0 bridgehead atoms. The molecule has 0 heterocycles. The van der Waals surface area contributed by atoms with Crippen LogP contribution in [-0.2, 0) is 4.79 Å². The van der Waals surface area contributed by atoms with Crippen LogP contribution in [0.1, 0.15) is 40.5 Å². The van der Waals surface area contributed by atoms with Crippen LogP contribution in [0.2, 0.25) is 0 Å². The van der Waals surface area contributed by atoms with E-state index in [1.165, 1.54) is 0 Å². The molecule has 0 unspecified atom stereocenters. The SMILES string of the molecule is CCCNC(=O)CCNC(=NC)NC(C)(C)C. The standard InChI is InChI=1S/C12H26N4O/c1-6-8-14-10(17)7-9-15-11(13-5)16-12(2,3)4/h6-9H2,1-5H3,(H,14,17)(H2,13,15,16). The van der Waals surface area contributed by atoms with Crippen molar-refractivity contribution in [1.29, 1.82) is 0 Å². The molecule has 0 spiro atoms. The molecule has 5 nitrogen and oxygen atoms in total. The van der Waals surface area contributed by atoms with Crippen molar-refractivity contribution in [2.24, 2.45) is 4.99 Å². The van der Waals surface area contributed by atoms with Crippen molar-refractivity contribution in [3.8, 4) is 0 Å². The molecule has 0 atom stereocenters. The lowest BCUT2D eigenvalue weighted by Gasteiger charge is -2.23. The van der Waals surface area contributed by atoms with Gasteiger partial charge >= 0.3 is 0 Å². The number of guanidine groups is 1. The minimum Gasteiger partial charge on any atom is -0.356 e. The second-order valence-electron chi connectivity index (χ2n) is 4.97. The summed E-state index contributed by atoms with van der Waals surface area (Å²) in [7, 11) is 1.72. The summed E-state index contributed by atoms with van der Waals surface area (Å²) in [6.45, 7) is 9.56. The molecule has 0 fully saturated rings. The van der Waals surface area contributed by atoms with Gasteiger partial charge in [-0.1, -0.05) is 6.92 Å². The van der Waals surface area contributed by atoms with E-state index in [9.17, 15) is 4.79 Å². The van der Waals surface area contributed by atoms with Crippen LogP contribution in [-0.4, -0.2) is 37.5 Å². The second-order valence-corrected chi connectivity index (χ2v) is 4.97. The van der Waals surface area contributed by atoms with E-state index in [4.69, 9.17) is 0 Å². The van der Waals surface area contributed by atoms with Crippen molar-refractivity contribution in [1.82, 2.24) is 16.0 Å². The summed E-state index contributed by atoms with van der Waals surface area (Å²) in [5.74, 6) is 0.798. The molecule has 1 amide bonds. The number of aliphatic imine (C=N–C) groups is 1. The summed E-state index contributed by atoms with van der Waals surface area (Å²) >= 11 is 0. The number of carbonyl (C=O) groups is 1. The van der Waals surface area contributed by atoms with Crippen LogP contribution in [0, 0.1) is 0 Å². The van der Waals surface area contributed by atoms with Crippen molar-refractivity contribution in [2.75, 3.05) is 20.1 Å². The molecule has 0 aliphatic heterocycles. The van der Waals surface area contributed by atoms with Crippen LogP contribution < -0.4 is 16.0 Å². The van der Waals surface area contributed by atoms with Crippen molar-refractivity contribution in [2.45, 2.75) is 46.1 Å². The summed E-state index contributed by atoms with van der Waals surface area (Å²) in [5, 5.41) is 9.17. The van der Waals surface area contributed by atoms with Crippen molar-refractivity contribution in [3.05, 3.63) is 0 Å². The Balaban J connectivity index is 3.82. The van der Waals surface area contributed by atoms with Gasteiger partial charge in [-0.15, -0.1) is 0 Å². The molecule has 0 aromatic carbocycles. The quantitative estimate of drug-likeness (QED) is 0.495. The van der Waals surface area contributed by atoms with Gasteiger partial charge in [0.15, 0.2) is 5.96 Å². The number of amides is 1. The monoisotopic (exact) mass is 242 g/mol. The highest BCUT2D eigenvalue weighted by Crippen LogP contribution is 1.97. The summed E-state index contributed by atoms with van der Waals surface area (Å²) in [5.41, 5.74) is -0.0354. The zero-order chi connectivity index (χ0) is 13.3. The highest BCUT2D eigenvalue weighted by Gasteiger charge is 2.11. The van der Waals surface area contributed by atoms with E-state index < -0.39 is 0 Å². The van der Waals surface area contributed by atoms with Crippen molar-refractivity contribution in [3.63, 3.8) is 0 Å². The van der Waals surface area contributed by atoms with E-state index in [2.05, 4.69) is 41.7 Å². The van der Waals surface area contributed by atoms with Crippen LogP contribution in [0.15, 0.2) is 4.99 Å². The number of nitrogens with zero attached hydrogens (tertiary/aromatic N) is 1. The lowest BCUT2D eigenvalue weighted by molar-refractivity contribution is -0.120. The molecule has 0 radical (unpaired) electrons. The molecule has 0 saturated carbocycles. The first-order chi connectivity index (χ1) is 7.89. The van der Waals surface area contributed by atoms with Crippen LogP contribution in [0.3, 0.4) is 0 Å². The lowest BCUT2D eigenvalue weighted by Crippen LogP contribution is -2.48. The zero-order valence-corrected chi connectivity index (χ0v) is 11.7. The smallest absolute Gasteiger partial charge is 0.221 e. The highest BCUT2D eigenvalue weighted by atomic mass is 16.1. The summed E-state index contributed by atoms with van der Waals surface area (Å²) in [6.07, 6.45) is 1.43. The van der Waals surface area contributed by atoms with E-state index in [-0.39, 0.29) is 11.4 Å². The van der Waals surface area contributed by atoms with Gasteiger partial charge in [-0.2, -0.15) is 0 Å². The maximum absolute atomic E-state index is 11.3. The predicted molar refractivity (Wildman–Crippen MR) is 72.2 cm³/mol. The molecular weight excluding hydrogens is 216 g/mol. The Morgan fingerprint density at radius 3 is 2.29 bits per heavy atom. The minimum absolute atomic E-state index is 0.0354. The highest BCUT2D eigenvalue weighted by molar-refractivity contribution is 5.81. The van der Waals surface area contributed by atoms with Gasteiger partial charge in [-0.3, -0.25) is 9.79 Å². The minimum atomic E-state index is -0.0354. The molecule has 0 aromatic rings. The fourth-order valence-electron chi connectivity index (χ4n) is 1.18. The van der Waals surface area contributed by atoms with Gasteiger partial charge in [0, 0.05) is 32.1 Å². The molecule has 17 heavy (non-hydrogen) atoms. The van der Waals surface area contributed by atoms with Gasteiger partial charge in [-0.25, -0.2) is 0 Å². The van der Waals surface area contributed by atoms with Crippen molar-refractivity contribution < 1.29 is 4.79 Å². The van der Waals surface area contributed by atoms with E-state index in [1.54, 1.807) is 7.05 Å². The van der Waals surface area contributed by atoms with E-state index in [0.29, 0.717) is 13.0 Å². The van der Waals surface area contributed by atoms with E-state index in [1.807, 2.05) is 6.92 Å². The zero-order valence-electron chi connectivity index (χ0n) is 11.7. The first-order valence-corrected chi connectivity index (χ1v) is 6.14. The van der Waals surface area contributed by atoms with Crippen molar-refractivity contribution >= 4 is 11.9 Å². The molecule has 0 rings (SSSR count). The van der Waals surface area contributed by atoms with Gasteiger partial charge in [0.2, 0.25) is 5.91 Å². The maximum Gasteiger partial charge on any atom is 0.221 e. The third-order valence-electron chi connectivity index (χ3n) is 1.93. The number of hydrogen-bond donors (Lipinski definition) is 3. The molecule has 100 valence electrons. The summed E-state index contributed by atoms with van der Waals surface area (Å²) in [6, 6.07) is 0. The summed E-state index contributed by atoms with van der Waals surface area (Å²) in [4.78, 5) is 15.4. The second kappa shape index (κ2) is 7.92. The molecular formula is C12H26N4O. The molecule has 0 aliphatic rings. The Bertz CT molecular complexity index is 256. The summed E-state index contributed by atoms with van der Waals surface area (Å²) < 4.78 is 0. The van der Waals surface area contributed by atoms with E-state index in [0.717, 1.165) is 18.9 Å². The van der Waals surface area contributed by atoms with Gasteiger partial charge in [-0.05, 0) is 27.2 Å². The van der Waals surface area contributed by atoms with Gasteiger partial charge in [0.25, 0.3) is 0 Å². The van der Waals surface area contributed by atoms with Gasteiger partial charge in [0.1, 0.15) is 0 Å². The molecule has 0 aromatic heterocycles. The van der Waals surface area contributed by atoms with Crippen LogP contribution in [0.25, 0.3) is 0 Å². The lowest BCUT2D eigenvalue weighted by atomic mass is 10.1. The Kier molecular flexibility index (Phi) is 7.34. The number of nitrogens with one attached hydrogen (secondary N) is 3. The first kappa shape index (κ1) is 15.7. The van der Waals surface area contributed by atoms with Gasteiger partial charge in [0.05, 0.1) is 0 Å². The normalized spacial score (nSPS) is 12.2. The third-order valence-corrected chi connectivity index (χ3v) is 1.93. The van der Waals surface area contributed by atoms with Gasteiger partial charge < -0.3 is 16.0 Å². The fraction of sp³-hybridized carbons (Fsp3) is 0.833. The van der Waals surface area contributed by atoms with Crippen LogP contribution in [0.4, 0.5) is 0 Å². The Morgan fingerprint density at radius 2 is 1.82 bits per heavy atom. The first-order valence-electron chi connectivity index (χ1n) is 6.14.